The van der Waals surface area contributed by atoms with Crippen LogP contribution in [-0.2, 0) is 11.2 Å². The molecule has 1 aliphatic rings. The van der Waals surface area contributed by atoms with E-state index in [1.54, 1.807) is 0 Å². The first-order valence-corrected chi connectivity index (χ1v) is 10.4. The third-order valence-corrected chi connectivity index (χ3v) is 5.37. The Morgan fingerprint density at radius 3 is 2.63 bits per heavy atom. The van der Waals surface area contributed by atoms with Gasteiger partial charge in [0.05, 0.1) is 5.02 Å². The van der Waals surface area contributed by atoms with Crippen molar-refractivity contribution >= 4 is 28.9 Å². The molecule has 4 rings (SSSR count). The lowest BCUT2D eigenvalue weighted by atomic mass is 10.1. The topological polar surface area (TPSA) is 71.3 Å². The lowest BCUT2D eigenvalue weighted by Crippen LogP contribution is -2.29. The molecule has 2 aromatic carbocycles. The fraction of sp³-hybridized carbons (Fsp3) is 0.318. The van der Waals surface area contributed by atoms with Crippen LogP contribution in [0.4, 0.5) is 15.8 Å². The van der Waals surface area contributed by atoms with E-state index in [1.807, 2.05) is 12.1 Å². The van der Waals surface area contributed by atoms with E-state index in [0.29, 0.717) is 23.8 Å². The molecule has 1 N–H and O–H groups in total. The predicted octanol–water partition coefficient (Wildman–Crippen LogP) is 5.09. The lowest BCUT2D eigenvalue weighted by Gasteiger charge is -2.28. The van der Waals surface area contributed by atoms with E-state index >= 15 is 0 Å². The molecule has 0 saturated carbocycles. The van der Waals surface area contributed by atoms with Crippen molar-refractivity contribution in [1.29, 1.82) is 0 Å². The van der Waals surface area contributed by atoms with Crippen molar-refractivity contribution in [1.82, 2.24) is 10.1 Å². The van der Waals surface area contributed by atoms with E-state index in [1.165, 1.54) is 43.1 Å². The van der Waals surface area contributed by atoms with Crippen LogP contribution in [-0.4, -0.2) is 29.1 Å². The molecular weight excluding hydrogens is 407 g/mol. The van der Waals surface area contributed by atoms with Crippen molar-refractivity contribution in [2.45, 2.75) is 32.1 Å². The monoisotopic (exact) mass is 428 g/mol. The van der Waals surface area contributed by atoms with E-state index in [-0.39, 0.29) is 17.4 Å². The van der Waals surface area contributed by atoms with Gasteiger partial charge in [-0.15, -0.1) is 0 Å². The summed E-state index contributed by atoms with van der Waals surface area (Å²) in [6.45, 7) is 2.19. The standard InChI is InChI=1S/C22H22ClFN4O2/c23-18-14-16(6-9-19(18)24)25-20(29)10-11-21-26-22(27-30-21)15-4-7-17(8-5-15)28-12-2-1-3-13-28/h4-9,14H,1-3,10-13H2,(H,25,29). The second-order valence-corrected chi connectivity index (χ2v) is 7.69. The van der Waals surface area contributed by atoms with Gasteiger partial charge in [0, 0.05) is 42.9 Å². The summed E-state index contributed by atoms with van der Waals surface area (Å²) < 4.78 is 18.5. The molecule has 3 aromatic rings. The molecule has 0 unspecified atom stereocenters. The smallest absolute Gasteiger partial charge is 0.227 e. The highest BCUT2D eigenvalue weighted by atomic mass is 35.5. The number of aryl methyl sites for hydroxylation is 1. The Morgan fingerprint density at radius 2 is 1.90 bits per heavy atom. The van der Waals surface area contributed by atoms with Crippen molar-refractivity contribution in [3.05, 3.63) is 59.2 Å². The number of hydrogen-bond donors (Lipinski definition) is 1. The van der Waals surface area contributed by atoms with Crippen LogP contribution in [0.3, 0.4) is 0 Å². The number of piperidine rings is 1. The van der Waals surface area contributed by atoms with E-state index in [0.717, 1.165) is 18.7 Å². The first kappa shape index (κ1) is 20.3. The Hall–Kier alpha value is -2.93. The van der Waals surface area contributed by atoms with Gasteiger partial charge in [-0.1, -0.05) is 16.8 Å². The van der Waals surface area contributed by atoms with Gasteiger partial charge >= 0.3 is 0 Å². The summed E-state index contributed by atoms with van der Waals surface area (Å²) in [5.74, 6) is 0.110. The van der Waals surface area contributed by atoms with Crippen LogP contribution in [0, 0.1) is 5.82 Å². The summed E-state index contributed by atoms with van der Waals surface area (Å²) in [5, 5.41) is 6.65. The first-order chi connectivity index (χ1) is 14.6. The number of halogens is 2. The average Bonchev–Trinajstić information content (AvgIpc) is 3.25. The molecule has 8 heteroatoms. The normalized spacial score (nSPS) is 14.0. The molecular formula is C22H22ClFN4O2. The summed E-state index contributed by atoms with van der Waals surface area (Å²) in [6, 6.07) is 12.2. The molecule has 2 heterocycles. The third-order valence-electron chi connectivity index (χ3n) is 5.08. The summed E-state index contributed by atoms with van der Waals surface area (Å²) in [7, 11) is 0. The van der Waals surface area contributed by atoms with Crippen LogP contribution < -0.4 is 10.2 Å². The first-order valence-electron chi connectivity index (χ1n) is 10.0. The highest BCUT2D eigenvalue weighted by Crippen LogP contribution is 2.24. The number of amides is 1. The second-order valence-electron chi connectivity index (χ2n) is 7.28. The highest BCUT2D eigenvalue weighted by Gasteiger charge is 2.14. The zero-order valence-electron chi connectivity index (χ0n) is 16.4. The van der Waals surface area contributed by atoms with Crippen LogP contribution >= 0.6 is 11.6 Å². The van der Waals surface area contributed by atoms with Gasteiger partial charge in [-0.3, -0.25) is 4.79 Å². The lowest BCUT2D eigenvalue weighted by molar-refractivity contribution is -0.116. The molecule has 0 radical (unpaired) electrons. The number of rotatable bonds is 6. The molecule has 0 bridgehead atoms. The van der Waals surface area contributed by atoms with Gasteiger partial charge in [0.1, 0.15) is 5.82 Å². The van der Waals surface area contributed by atoms with Crippen LogP contribution in [0.15, 0.2) is 47.0 Å². The maximum atomic E-state index is 13.2. The minimum absolute atomic E-state index is 0.0411. The summed E-state index contributed by atoms with van der Waals surface area (Å²) in [5.41, 5.74) is 2.52. The number of nitrogens with one attached hydrogen (secondary N) is 1. The maximum Gasteiger partial charge on any atom is 0.227 e. The maximum absolute atomic E-state index is 13.2. The molecule has 1 fully saturated rings. The fourth-order valence-corrected chi connectivity index (χ4v) is 3.65. The quantitative estimate of drug-likeness (QED) is 0.592. The second kappa shape index (κ2) is 9.26. The van der Waals surface area contributed by atoms with E-state index < -0.39 is 5.82 Å². The van der Waals surface area contributed by atoms with Crippen molar-refractivity contribution in [2.75, 3.05) is 23.3 Å². The van der Waals surface area contributed by atoms with E-state index in [9.17, 15) is 9.18 Å². The van der Waals surface area contributed by atoms with Crippen LogP contribution in [0.25, 0.3) is 11.4 Å². The van der Waals surface area contributed by atoms with Gasteiger partial charge in [-0.2, -0.15) is 4.98 Å². The largest absolute Gasteiger partial charge is 0.372 e. The highest BCUT2D eigenvalue weighted by molar-refractivity contribution is 6.31. The number of hydrogen-bond acceptors (Lipinski definition) is 5. The van der Waals surface area contributed by atoms with Gasteiger partial charge in [0.15, 0.2) is 0 Å². The average molecular weight is 429 g/mol. The SMILES string of the molecule is O=C(CCc1nc(-c2ccc(N3CCCCC3)cc2)no1)Nc1ccc(F)c(Cl)c1. The minimum Gasteiger partial charge on any atom is -0.372 e. The Labute approximate surface area is 179 Å². The van der Waals surface area contributed by atoms with Crippen molar-refractivity contribution in [3.8, 4) is 11.4 Å². The number of carbonyl (C=O) groups is 1. The van der Waals surface area contributed by atoms with Crippen LogP contribution in [0.2, 0.25) is 5.02 Å². The number of carbonyl (C=O) groups excluding carboxylic acids is 1. The number of anilines is 2. The zero-order chi connectivity index (χ0) is 20.9. The van der Waals surface area contributed by atoms with Gasteiger partial charge in [0.25, 0.3) is 0 Å². The Bertz CT molecular complexity index is 1020. The fourth-order valence-electron chi connectivity index (χ4n) is 3.46. The summed E-state index contributed by atoms with van der Waals surface area (Å²) in [6.07, 6.45) is 4.23. The van der Waals surface area contributed by atoms with Gasteiger partial charge < -0.3 is 14.7 Å². The Morgan fingerprint density at radius 1 is 1.13 bits per heavy atom. The summed E-state index contributed by atoms with van der Waals surface area (Å²) in [4.78, 5) is 18.9. The van der Waals surface area contributed by atoms with Crippen molar-refractivity contribution < 1.29 is 13.7 Å². The van der Waals surface area contributed by atoms with Gasteiger partial charge in [-0.25, -0.2) is 4.39 Å². The molecule has 1 aromatic heterocycles. The van der Waals surface area contributed by atoms with Gasteiger partial charge in [0.2, 0.25) is 17.6 Å². The molecule has 156 valence electrons. The molecule has 0 atom stereocenters. The number of aromatic nitrogens is 2. The Kier molecular flexibility index (Phi) is 6.28. The molecule has 1 aliphatic heterocycles. The van der Waals surface area contributed by atoms with Crippen LogP contribution in [0.1, 0.15) is 31.6 Å². The van der Waals surface area contributed by atoms with Gasteiger partial charge in [-0.05, 0) is 61.7 Å². The molecule has 6 nitrogen and oxygen atoms in total. The summed E-state index contributed by atoms with van der Waals surface area (Å²) >= 11 is 5.72. The molecule has 0 aliphatic carbocycles. The van der Waals surface area contributed by atoms with E-state index in [2.05, 4.69) is 32.5 Å². The zero-order valence-corrected chi connectivity index (χ0v) is 17.2. The van der Waals surface area contributed by atoms with E-state index in [4.69, 9.17) is 16.1 Å². The van der Waals surface area contributed by atoms with Crippen molar-refractivity contribution in [3.63, 3.8) is 0 Å². The molecule has 1 amide bonds. The third kappa shape index (κ3) is 4.97. The van der Waals surface area contributed by atoms with Crippen molar-refractivity contribution in [2.24, 2.45) is 0 Å². The minimum atomic E-state index is -0.531. The molecule has 1 saturated heterocycles. The number of benzene rings is 2. The number of nitrogens with zero attached hydrogens (tertiary/aromatic N) is 3. The molecule has 30 heavy (non-hydrogen) atoms. The Balaban J connectivity index is 1.32. The van der Waals surface area contributed by atoms with Crippen LogP contribution in [0.5, 0.6) is 0 Å². The predicted molar refractivity (Wildman–Crippen MR) is 114 cm³/mol. The molecule has 0 spiro atoms.